The van der Waals surface area contributed by atoms with Crippen LogP contribution in [0.15, 0.2) is 46.2 Å². The molecule has 4 rings (SSSR count). The van der Waals surface area contributed by atoms with Gasteiger partial charge in [-0.05, 0) is 61.8 Å². The zero-order valence-corrected chi connectivity index (χ0v) is 15.2. The van der Waals surface area contributed by atoms with Gasteiger partial charge in [0.2, 0.25) is 9.84 Å². The Kier molecular flexibility index (Phi) is 4.23. The van der Waals surface area contributed by atoms with E-state index in [-0.39, 0.29) is 15.7 Å². The fourth-order valence-electron chi connectivity index (χ4n) is 4.17. The highest BCUT2D eigenvalue weighted by Crippen LogP contribution is 2.45. The van der Waals surface area contributed by atoms with E-state index in [0.29, 0.717) is 12.1 Å². The van der Waals surface area contributed by atoms with Gasteiger partial charge in [0.15, 0.2) is 0 Å². The highest BCUT2D eigenvalue weighted by molar-refractivity contribution is 7.91. The van der Waals surface area contributed by atoms with E-state index in [9.17, 15) is 17.2 Å². The summed E-state index contributed by atoms with van der Waals surface area (Å²) in [5, 5.41) is 3.38. The first kappa shape index (κ1) is 17.4. The van der Waals surface area contributed by atoms with Crippen LogP contribution in [0.2, 0.25) is 0 Å². The van der Waals surface area contributed by atoms with Gasteiger partial charge in [-0.25, -0.2) is 17.2 Å². The van der Waals surface area contributed by atoms with Crippen molar-refractivity contribution in [2.24, 2.45) is 0 Å². The zero-order chi connectivity index (χ0) is 18.5. The standard InChI is InChI=1S/C19H20F2N2O2S/c1-23-18-3-2-14(11-17(18)16-4-6-22-7-5-19(16)23)26(24,25)15-9-12(20)8-13(21)10-15/h2-3,8-11,16,19,22H,4-7H2,1H3/t16-,19-/m0/s1. The lowest BCUT2D eigenvalue weighted by Gasteiger charge is -2.24. The van der Waals surface area contributed by atoms with Gasteiger partial charge >= 0.3 is 0 Å². The maximum absolute atomic E-state index is 13.5. The molecular weight excluding hydrogens is 358 g/mol. The van der Waals surface area contributed by atoms with E-state index in [1.54, 1.807) is 12.1 Å². The van der Waals surface area contributed by atoms with Gasteiger partial charge in [0.05, 0.1) is 9.79 Å². The normalized spacial score (nSPS) is 22.7. The number of rotatable bonds is 2. The van der Waals surface area contributed by atoms with E-state index in [1.807, 2.05) is 7.05 Å². The molecule has 2 heterocycles. The van der Waals surface area contributed by atoms with E-state index in [2.05, 4.69) is 10.2 Å². The Balaban J connectivity index is 1.79. The monoisotopic (exact) mass is 378 g/mol. The number of fused-ring (bicyclic) bond motifs is 3. The number of benzene rings is 2. The summed E-state index contributed by atoms with van der Waals surface area (Å²) in [4.78, 5) is 1.93. The van der Waals surface area contributed by atoms with Crippen molar-refractivity contribution in [1.29, 1.82) is 0 Å². The van der Waals surface area contributed by atoms with Crippen LogP contribution in [0.1, 0.15) is 24.3 Å². The van der Waals surface area contributed by atoms with Crippen LogP contribution in [0.3, 0.4) is 0 Å². The largest absolute Gasteiger partial charge is 0.371 e. The highest BCUT2D eigenvalue weighted by Gasteiger charge is 2.37. The summed E-state index contributed by atoms with van der Waals surface area (Å²) in [5.41, 5.74) is 2.03. The number of anilines is 1. The number of hydrogen-bond acceptors (Lipinski definition) is 4. The van der Waals surface area contributed by atoms with Crippen LogP contribution in [-0.2, 0) is 9.84 Å². The van der Waals surface area contributed by atoms with Crippen LogP contribution in [-0.4, -0.2) is 34.6 Å². The lowest BCUT2D eigenvalue weighted by molar-refractivity contribution is 0.531. The highest BCUT2D eigenvalue weighted by atomic mass is 32.2. The zero-order valence-electron chi connectivity index (χ0n) is 14.4. The average molecular weight is 378 g/mol. The van der Waals surface area contributed by atoms with E-state index >= 15 is 0 Å². The molecule has 2 aromatic rings. The molecule has 2 atom stereocenters. The third-order valence-electron chi connectivity index (χ3n) is 5.45. The van der Waals surface area contributed by atoms with Gasteiger partial charge in [0, 0.05) is 30.8 Å². The SMILES string of the molecule is CN1c2ccc(S(=O)(=O)c3cc(F)cc(F)c3)cc2[C@@H]2CCNCC[C@@H]21. The van der Waals surface area contributed by atoms with E-state index < -0.39 is 21.5 Å². The Morgan fingerprint density at radius 3 is 2.42 bits per heavy atom. The van der Waals surface area contributed by atoms with Crippen molar-refractivity contribution in [3.63, 3.8) is 0 Å². The minimum Gasteiger partial charge on any atom is -0.371 e. The van der Waals surface area contributed by atoms with Gasteiger partial charge < -0.3 is 10.2 Å². The van der Waals surface area contributed by atoms with Crippen LogP contribution in [0.25, 0.3) is 0 Å². The molecule has 4 nitrogen and oxygen atoms in total. The molecule has 0 amide bonds. The molecule has 2 aliphatic heterocycles. The summed E-state index contributed by atoms with van der Waals surface area (Å²) in [6, 6.07) is 7.73. The Hall–Kier alpha value is -1.99. The van der Waals surface area contributed by atoms with Crippen LogP contribution in [0.4, 0.5) is 14.5 Å². The van der Waals surface area contributed by atoms with Crippen molar-refractivity contribution in [2.75, 3.05) is 25.0 Å². The average Bonchev–Trinajstić information content (AvgIpc) is 2.77. The second-order valence-electron chi connectivity index (χ2n) is 6.94. The molecular formula is C19H20F2N2O2S. The summed E-state index contributed by atoms with van der Waals surface area (Å²) in [7, 11) is -1.95. The summed E-state index contributed by atoms with van der Waals surface area (Å²) in [5.74, 6) is -1.55. The molecule has 0 aliphatic carbocycles. The predicted molar refractivity (Wildman–Crippen MR) is 95.3 cm³/mol. The lowest BCUT2D eigenvalue weighted by Crippen LogP contribution is -2.30. The molecule has 1 N–H and O–H groups in total. The number of halogens is 2. The quantitative estimate of drug-likeness (QED) is 0.873. The van der Waals surface area contributed by atoms with Gasteiger partial charge in [0.25, 0.3) is 0 Å². The number of nitrogens with one attached hydrogen (secondary N) is 1. The minimum absolute atomic E-state index is 0.0764. The van der Waals surface area contributed by atoms with Gasteiger partial charge in [-0.2, -0.15) is 0 Å². The van der Waals surface area contributed by atoms with Crippen molar-refractivity contribution >= 4 is 15.5 Å². The number of nitrogens with zero attached hydrogens (tertiary/aromatic N) is 1. The fraction of sp³-hybridized carbons (Fsp3) is 0.368. The first-order valence-electron chi connectivity index (χ1n) is 8.66. The molecule has 7 heteroatoms. The number of hydrogen-bond donors (Lipinski definition) is 1. The maximum Gasteiger partial charge on any atom is 0.206 e. The predicted octanol–water partition coefficient (Wildman–Crippen LogP) is 3.08. The van der Waals surface area contributed by atoms with Gasteiger partial charge in [-0.1, -0.05) is 0 Å². The maximum atomic E-state index is 13.5. The Labute approximate surface area is 151 Å². The van der Waals surface area contributed by atoms with Crippen molar-refractivity contribution in [3.8, 4) is 0 Å². The Bertz CT molecular complexity index is 942. The number of sulfone groups is 1. The number of likely N-dealkylation sites (N-methyl/N-ethyl adjacent to an activating group) is 1. The van der Waals surface area contributed by atoms with Gasteiger partial charge in [-0.15, -0.1) is 0 Å². The van der Waals surface area contributed by atoms with E-state index in [1.165, 1.54) is 6.07 Å². The smallest absolute Gasteiger partial charge is 0.206 e. The van der Waals surface area contributed by atoms with Gasteiger partial charge in [-0.3, -0.25) is 0 Å². The third-order valence-corrected chi connectivity index (χ3v) is 7.18. The molecule has 2 aliphatic rings. The third kappa shape index (κ3) is 2.79. The van der Waals surface area contributed by atoms with Crippen molar-refractivity contribution in [2.45, 2.75) is 34.6 Å². The molecule has 2 aromatic carbocycles. The molecule has 138 valence electrons. The van der Waals surface area contributed by atoms with Crippen molar-refractivity contribution in [3.05, 3.63) is 53.6 Å². The topological polar surface area (TPSA) is 49.4 Å². The molecule has 0 unspecified atom stereocenters. The second kappa shape index (κ2) is 6.32. The Morgan fingerprint density at radius 2 is 1.69 bits per heavy atom. The van der Waals surface area contributed by atoms with Crippen LogP contribution in [0.5, 0.6) is 0 Å². The van der Waals surface area contributed by atoms with Crippen LogP contribution < -0.4 is 10.2 Å². The molecule has 1 saturated heterocycles. The summed E-state index contributed by atoms with van der Waals surface area (Å²) in [6.45, 7) is 1.83. The molecule has 1 fully saturated rings. The fourth-order valence-corrected chi connectivity index (χ4v) is 5.51. The molecule has 0 spiro atoms. The molecule has 0 saturated carbocycles. The molecule has 0 radical (unpaired) electrons. The first-order chi connectivity index (χ1) is 12.4. The Morgan fingerprint density at radius 1 is 1.00 bits per heavy atom. The minimum atomic E-state index is -3.98. The summed E-state index contributed by atoms with van der Waals surface area (Å²) in [6.07, 6.45) is 1.92. The summed E-state index contributed by atoms with van der Waals surface area (Å²) >= 11 is 0. The second-order valence-corrected chi connectivity index (χ2v) is 8.89. The van der Waals surface area contributed by atoms with E-state index in [0.717, 1.165) is 49.3 Å². The van der Waals surface area contributed by atoms with E-state index in [4.69, 9.17) is 0 Å². The van der Waals surface area contributed by atoms with Crippen LogP contribution in [0, 0.1) is 11.6 Å². The first-order valence-corrected chi connectivity index (χ1v) is 10.1. The summed E-state index contributed by atoms with van der Waals surface area (Å²) < 4.78 is 52.8. The van der Waals surface area contributed by atoms with Gasteiger partial charge in [0.1, 0.15) is 11.6 Å². The molecule has 0 bridgehead atoms. The molecule has 26 heavy (non-hydrogen) atoms. The van der Waals surface area contributed by atoms with Crippen molar-refractivity contribution < 1.29 is 17.2 Å². The molecule has 0 aromatic heterocycles. The van der Waals surface area contributed by atoms with Crippen LogP contribution >= 0.6 is 0 Å². The lowest BCUT2D eigenvalue weighted by atomic mass is 9.91. The van der Waals surface area contributed by atoms with Crippen molar-refractivity contribution in [1.82, 2.24) is 5.32 Å².